The lowest BCUT2D eigenvalue weighted by atomic mass is 10.1. The molecular formula is C23H13Cl4F3N2O2. The van der Waals surface area contributed by atoms with Gasteiger partial charge in [-0.3, -0.25) is 9.59 Å². The Labute approximate surface area is 211 Å². The third-order valence-corrected chi connectivity index (χ3v) is 6.86. The number of carbonyl (C=O) groups excluding carboxylic acids is 2. The van der Waals surface area contributed by atoms with Gasteiger partial charge in [-0.1, -0.05) is 29.3 Å². The van der Waals surface area contributed by atoms with Gasteiger partial charge in [-0.25, -0.2) is 13.2 Å². The lowest BCUT2D eigenvalue weighted by molar-refractivity contribution is -0.117. The van der Waals surface area contributed by atoms with Crippen LogP contribution in [0.25, 0.3) is 0 Å². The van der Waals surface area contributed by atoms with Gasteiger partial charge in [0.1, 0.15) is 16.0 Å². The Kier molecular flexibility index (Phi) is 6.75. The number of hydrogen-bond acceptors (Lipinski definition) is 2. The average Bonchev–Trinajstić information content (AvgIpc) is 3.36. The first-order valence-corrected chi connectivity index (χ1v) is 11.2. The van der Waals surface area contributed by atoms with Crippen molar-refractivity contribution in [3.63, 3.8) is 0 Å². The lowest BCUT2D eigenvalue weighted by Gasteiger charge is -2.12. The second-order valence-electron chi connectivity index (χ2n) is 7.54. The van der Waals surface area contributed by atoms with Gasteiger partial charge in [-0.05, 0) is 54.1 Å². The number of halogens is 7. The van der Waals surface area contributed by atoms with Crippen LogP contribution >= 0.6 is 46.4 Å². The molecule has 0 unspecified atom stereocenters. The van der Waals surface area contributed by atoms with E-state index < -0.39 is 51.0 Å². The van der Waals surface area contributed by atoms with E-state index in [2.05, 4.69) is 10.6 Å². The molecule has 0 heterocycles. The molecule has 34 heavy (non-hydrogen) atoms. The van der Waals surface area contributed by atoms with Crippen molar-refractivity contribution < 1.29 is 22.8 Å². The smallest absolute Gasteiger partial charge is 0.260 e. The summed E-state index contributed by atoms with van der Waals surface area (Å²) in [5.74, 6) is -5.58. The number of alkyl halides is 2. The van der Waals surface area contributed by atoms with E-state index in [4.69, 9.17) is 46.4 Å². The van der Waals surface area contributed by atoms with Crippen LogP contribution in [0, 0.1) is 23.4 Å². The minimum absolute atomic E-state index is 0.159. The maximum absolute atomic E-state index is 15.2. The maximum atomic E-state index is 15.2. The topological polar surface area (TPSA) is 58.2 Å². The van der Waals surface area contributed by atoms with E-state index >= 15 is 4.39 Å². The average molecular weight is 548 g/mol. The Bertz CT molecular complexity index is 1300. The molecule has 4 nitrogen and oxygen atoms in total. The third-order valence-electron chi connectivity index (χ3n) is 5.32. The van der Waals surface area contributed by atoms with Crippen molar-refractivity contribution in [3.8, 4) is 0 Å². The molecule has 3 aromatic carbocycles. The Morgan fingerprint density at radius 1 is 0.853 bits per heavy atom. The van der Waals surface area contributed by atoms with Gasteiger partial charge < -0.3 is 10.6 Å². The second kappa shape index (κ2) is 9.30. The van der Waals surface area contributed by atoms with Crippen molar-refractivity contribution in [2.24, 2.45) is 5.92 Å². The highest BCUT2D eigenvalue weighted by atomic mass is 35.5. The molecule has 2 amide bonds. The van der Waals surface area contributed by atoms with Crippen LogP contribution in [0.2, 0.25) is 10.0 Å². The summed E-state index contributed by atoms with van der Waals surface area (Å²) in [6, 6.07) is 11.1. The van der Waals surface area contributed by atoms with Crippen LogP contribution in [0.3, 0.4) is 0 Å². The molecule has 0 aromatic heterocycles. The summed E-state index contributed by atoms with van der Waals surface area (Å²) in [5, 5.41) is 4.41. The predicted molar refractivity (Wildman–Crippen MR) is 126 cm³/mol. The number of amides is 2. The molecule has 3 aromatic rings. The predicted octanol–water partition coefficient (Wildman–Crippen LogP) is 7.19. The molecule has 11 heteroatoms. The molecule has 1 aliphatic carbocycles. The van der Waals surface area contributed by atoms with Crippen molar-refractivity contribution in [2.75, 3.05) is 10.6 Å². The first-order chi connectivity index (χ1) is 16.0. The second-order valence-corrected chi connectivity index (χ2v) is 9.80. The summed E-state index contributed by atoms with van der Waals surface area (Å²) < 4.78 is 40.2. The summed E-state index contributed by atoms with van der Waals surface area (Å²) in [4.78, 5) is 25.4. The van der Waals surface area contributed by atoms with Crippen molar-refractivity contribution >= 4 is 69.6 Å². The van der Waals surface area contributed by atoms with Crippen molar-refractivity contribution in [2.45, 2.75) is 10.3 Å². The van der Waals surface area contributed by atoms with E-state index in [0.29, 0.717) is 5.56 Å². The minimum Gasteiger partial charge on any atom is -0.323 e. The highest BCUT2D eigenvalue weighted by Crippen LogP contribution is 2.65. The molecule has 0 bridgehead atoms. The Morgan fingerprint density at radius 3 is 2.18 bits per heavy atom. The first kappa shape index (κ1) is 24.7. The molecule has 1 fully saturated rings. The van der Waals surface area contributed by atoms with Crippen LogP contribution in [-0.4, -0.2) is 16.1 Å². The van der Waals surface area contributed by atoms with Crippen molar-refractivity contribution in [1.29, 1.82) is 0 Å². The molecule has 176 valence electrons. The van der Waals surface area contributed by atoms with Crippen molar-refractivity contribution in [3.05, 3.63) is 93.2 Å². The van der Waals surface area contributed by atoms with Crippen LogP contribution in [0.5, 0.6) is 0 Å². The summed E-state index contributed by atoms with van der Waals surface area (Å²) in [7, 11) is 0. The number of anilines is 2. The van der Waals surface area contributed by atoms with Gasteiger partial charge in [0.05, 0.1) is 27.2 Å². The number of carbonyl (C=O) groups is 2. The van der Waals surface area contributed by atoms with Crippen LogP contribution in [0.4, 0.5) is 24.5 Å². The van der Waals surface area contributed by atoms with E-state index in [1.54, 1.807) is 0 Å². The standard InChI is InChI=1S/C23H13Cl4F3N2O2/c24-13-6-8-16(20(30)17(13)21(33)31-12-4-2-11(28)3-5-12)32-22(34)19-18(23(19,26)27)10-1-7-15(29)14(25)9-10/h1-9,18-19H,(H,31,33)(H,32,34)/t18-,19+/m0/s1. The van der Waals surface area contributed by atoms with Gasteiger partial charge in [-0.2, -0.15) is 0 Å². The van der Waals surface area contributed by atoms with E-state index in [0.717, 1.165) is 18.2 Å². The van der Waals surface area contributed by atoms with E-state index in [-0.39, 0.29) is 21.4 Å². The van der Waals surface area contributed by atoms with E-state index in [9.17, 15) is 18.4 Å². The van der Waals surface area contributed by atoms with Gasteiger partial charge in [0, 0.05) is 11.6 Å². The van der Waals surface area contributed by atoms with E-state index in [1.807, 2.05) is 0 Å². The summed E-state index contributed by atoms with van der Waals surface area (Å²) in [6.45, 7) is 0. The molecule has 1 saturated carbocycles. The van der Waals surface area contributed by atoms with Gasteiger partial charge in [0.2, 0.25) is 5.91 Å². The molecule has 2 atom stereocenters. The molecular weight excluding hydrogens is 535 g/mol. The molecule has 2 N–H and O–H groups in total. The van der Waals surface area contributed by atoms with Gasteiger partial charge in [-0.15, -0.1) is 23.2 Å². The Hall–Kier alpha value is -2.45. The Balaban J connectivity index is 1.55. The SMILES string of the molecule is O=C(Nc1ccc(F)cc1)c1c(Cl)ccc(NC(=O)[C@H]2[C@H](c3ccc(F)c(Cl)c3)C2(Cl)Cl)c1F. The number of hydrogen-bond donors (Lipinski definition) is 2. The molecule has 0 saturated heterocycles. The number of nitrogens with one attached hydrogen (secondary N) is 2. The zero-order chi connectivity index (χ0) is 24.8. The lowest BCUT2D eigenvalue weighted by Crippen LogP contribution is -2.20. The summed E-state index contributed by atoms with van der Waals surface area (Å²) in [6.07, 6.45) is 0. The highest BCUT2D eigenvalue weighted by Gasteiger charge is 2.67. The fourth-order valence-electron chi connectivity index (χ4n) is 3.57. The fraction of sp³-hybridized carbons (Fsp3) is 0.130. The molecule has 0 radical (unpaired) electrons. The number of benzene rings is 3. The zero-order valence-electron chi connectivity index (χ0n) is 16.8. The molecule has 4 rings (SSSR count). The van der Waals surface area contributed by atoms with Gasteiger partial charge in [0.15, 0.2) is 5.82 Å². The number of rotatable bonds is 5. The molecule has 0 aliphatic heterocycles. The molecule has 1 aliphatic rings. The monoisotopic (exact) mass is 546 g/mol. The fourth-order valence-corrected chi connectivity index (χ4v) is 4.82. The summed E-state index contributed by atoms with van der Waals surface area (Å²) >= 11 is 24.4. The van der Waals surface area contributed by atoms with Crippen LogP contribution in [0.1, 0.15) is 21.8 Å². The summed E-state index contributed by atoms with van der Waals surface area (Å²) in [5.41, 5.74) is -0.202. The van der Waals surface area contributed by atoms with Crippen LogP contribution < -0.4 is 10.6 Å². The van der Waals surface area contributed by atoms with Gasteiger partial charge in [0.25, 0.3) is 5.91 Å². The zero-order valence-corrected chi connectivity index (χ0v) is 19.8. The van der Waals surface area contributed by atoms with Crippen molar-refractivity contribution in [1.82, 2.24) is 0 Å². The maximum Gasteiger partial charge on any atom is 0.260 e. The largest absolute Gasteiger partial charge is 0.323 e. The van der Waals surface area contributed by atoms with Crippen LogP contribution in [-0.2, 0) is 4.79 Å². The first-order valence-electron chi connectivity index (χ1n) is 9.69. The Morgan fingerprint density at radius 2 is 1.53 bits per heavy atom. The molecule has 0 spiro atoms. The van der Waals surface area contributed by atoms with E-state index in [1.165, 1.54) is 36.4 Å². The third kappa shape index (κ3) is 4.70. The van der Waals surface area contributed by atoms with Gasteiger partial charge >= 0.3 is 0 Å². The quantitative estimate of drug-likeness (QED) is 0.332. The minimum atomic E-state index is -1.53. The highest BCUT2D eigenvalue weighted by molar-refractivity contribution is 6.53. The normalized spacial score (nSPS) is 18.3. The van der Waals surface area contributed by atoms with Crippen LogP contribution in [0.15, 0.2) is 54.6 Å².